The van der Waals surface area contributed by atoms with Gasteiger partial charge in [-0.1, -0.05) is 53.7 Å². The van der Waals surface area contributed by atoms with Gasteiger partial charge in [-0.2, -0.15) is 0 Å². The molecule has 3 rings (SSSR count). The largest absolute Gasteiger partial charge is 0.466 e. The Morgan fingerprint density at radius 1 is 0.506 bits per heavy atom. The van der Waals surface area contributed by atoms with Crippen LogP contribution in [0.4, 0.5) is 5.69 Å². The molecule has 2 fully saturated rings. The van der Waals surface area contributed by atoms with E-state index in [1.54, 1.807) is 0 Å². The smallest absolute Gasteiger partial charge is 0.330 e. The first-order valence-corrected chi connectivity index (χ1v) is 27.7. The summed E-state index contributed by atoms with van der Waals surface area (Å²) in [5.74, 6) is -3.61. The Labute approximate surface area is 478 Å². The second-order valence-electron chi connectivity index (χ2n) is 20.8. The molecular weight excluding hydrogens is 1050 g/mol. The first-order valence-electron chi connectivity index (χ1n) is 27.7. The molecule has 0 radical (unpaired) electrons. The fourth-order valence-corrected chi connectivity index (χ4v) is 8.73. The number of benzene rings is 1. The maximum Gasteiger partial charge on any atom is 0.330 e. The van der Waals surface area contributed by atoms with Crippen LogP contribution < -0.4 is 4.90 Å². The topological polar surface area (TPSA) is 233 Å². The number of carbonyl (C=O) groups excluding carboxylic acids is 8. The van der Waals surface area contributed by atoms with E-state index >= 15 is 0 Å². The van der Waals surface area contributed by atoms with Gasteiger partial charge >= 0.3 is 35.8 Å². The number of nitrogens with zero attached hydrogens (tertiary/aromatic N) is 4. The summed E-state index contributed by atoms with van der Waals surface area (Å²) in [5, 5.41) is 0. The normalized spacial score (nSPS) is 15.8. The lowest BCUT2D eigenvalue weighted by Gasteiger charge is -2.43. The Balaban J connectivity index is 1.42. The minimum absolute atomic E-state index is 0.00984. The van der Waals surface area contributed by atoms with Crippen LogP contribution in [0, 0.1) is 10.8 Å². The van der Waals surface area contributed by atoms with E-state index in [4.69, 9.17) is 42.6 Å². The third kappa shape index (κ3) is 23.6. The van der Waals surface area contributed by atoms with Crippen LogP contribution >= 0.6 is 0 Å². The number of piperazine rings is 2. The third-order valence-corrected chi connectivity index (χ3v) is 14.9. The number of ketones is 2. The van der Waals surface area contributed by atoms with Crippen molar-refractivity contribution in [3.8, 4) is 0 Å². The number of esters is 6. The predicted molar refractivity (Wildman–Crippen MR) is 303 cm³/mol. The zero-order valence-corrected chi connectivity index (χ0v) is 48.6. The fraction of sp³-hybridized carbons (Fsp3) is 0.600. The first-order chi connectivity index (χ1) is 38.7. The Morgan fingerprint density at radius 2 is 0.963 bits per heavy atom. The summed E-state index contributed by atoms with van der Waals surface area (Å²) in [4.78, 5) is 108. The van der Waals surface area contributed by atoms with E-state index in [1.807, 2.05) is 58.9 Å². The minimum atomic E-state index is -1.04. The summed E-state index contributed by atoms with van der Waals surface area (Å²) in [5.41, 5.74) is -2.07. The molecule has 0 saturated carbocycles. The molecule has 0 aliphatic carbocycles. The highest BCUT2D eigenvalue weighted by molar-refractivity contribution is 6.03. The molecule has 2 aliphatic heterocycles. The van der Waals surface area contributed by atoms with Crippen LogP contribution in [0.3, 0.4) is 0 Å². The highest BCUT2D eigenvalue weighted by Gasteiger charge is 2.39. The molecule has 450 valence electrons. The van der Waals surface area contributed by atoms with Crippen molar-refractivity contribution in [1.82, 2.24) is 14.7 Å². The van der Waals surface area contributed by atoms with Gasteiger partial charge in [0.2, 0.25) is 0 Å². The molecule has 0 N–H and O–H groups in total. The van der Waals surface area contributed by atoms with Crippen molar-refractivity contribution in [3.63, 3.8) is 0 Å². The number of ether oxygens (including phenoxy) is 9. The summed E-state index contributed by atoms with van der Waals surface area (Å²) >= 11 is 0. The second-order valence-corrected chi connectivity index (χ2v) is 20.8. The number of hydrogen-bond donors (Lipinski definition) is 0. The van der Waals surface area contributed by atoms with Crippen LogP contribution in [0.15, 0.2) is 87.5 Å². The summed E-state index contributed by atoms with van der Waals surface area (Å²) in [6.07, 6.45) is 7.31. The van der Waals surface area contributed by atoms with Gasteiger partial charge in [0.1, 0.15) is 45.2 Å². The number of carbonyl (C=O) groups is 8. The molecule has 0 amide bonds. The van der Waals surface area contributed by atoms with Crippen molar-refractivity contribution in [2.45, 2.75) is 84.3 Å². The average molecular weight is 1140 g/mol. The lowest BCUT2D eigenvalue weighted by Crippen LogP contribution is -2.58. The highest BCUT2D eigenvalue weighted by atomic mass is 16.6. The molecule has 1 aromatic rings. The van der Waals surface area contributed by atoms with Gasteiger partial charge in [0, 0.05) is 114 Å². The number of hydrogen-bond acceptors (Lipinski definition) is 21. The standard InChI is InChI=1S/C60H88N4O17/c1-11-49(65)38-81-60(18-8,46-80-53(69)15-5)45-73-36-19-37-75-54(70)24-26-61-28-32-63(33-29-61)48-22-20-47(21-23-48)56(72)57(9,10)64-34-30-62(31-35-64)27-25-55(71)79-44-59(17-7,43-78-52(68)14-4)40-74-39-58(16-6,41-76-50(66)12-2)42-77-51(67)13-3/h11-15,20-23H,1-5,16-19,24-46H2,6-10H3. The Bertz CT molecular complexity index is 2220. The fourth-order valence-electron chi connectivity index (χ4n) is 8.73. The Hall–Kier alpha value is -6.36. The summed E-state index contributed by atoms with van der Waals surface area (Å²) < 4.78 is 50.3. The summed E-state index contributed by atoms with van der Waals surface area (Å²) in [6, 6.07) is 7.72. The van der Waals surface area contributed by atoms with Gasteiger partial charge in [0.25, 0.3) is 0 Å². The Morgan fingerprint density at radius 3 is 1.42 bits per heavy atom. The van der Waals surface area contributed by atoms with Crippen molar-refractivity contribution in [2.75, 3.05) is 143 Å². The third-order valence-electron chi connectivity index (χ3n) is 14.9. The quantitative estimate of drug-likeness (QED) is 0.0266. The van der Waals surface area contributed by atoms with Crippen LogP contribution in [0.1, 0.15) is 83.5 Å². The molecule has 2 atom stereocenters. The van der Waals surface area contributed by atoms with Crippen LogP contribution in [-0.4, -0.2) is 211 Å². The van der Waals surface area contributed by atoms with E-state index in [2.05, 4.69) is 52.5 Å². The maximum absolute atomic E-state index is 14.0. The van der Waals surface area contributed by atoms with Crippen molar-refractivity contribution < 1.29 is 81.0 Å². The van der Waals surface area contributed by atoms with Gasteiger partial charge in [-0.3, -0.25) is 29.0 Å². The number of anilines is 1. The van der Waals surface area contributed by atoms with Gasteiger partial charge < -0.3 is 52.4 Å². The van der Waals surface area contributed by atoms with E-state index in [0.29, 0.717) is 70.5 Å². The van der Waals surface area contributed by atoms with Crippen LogP contribution in [-0.2, 0) is 76.2 Å². The van der Waals surface area contributed by atoms with Gasteiger partial charge in [0.05, 0.1) is 55.6 Å². The van der Waals surface area contributed by atoms with Crippen LogP contribution in [0.5, 0.6) is 0 Å². The lowest BCUT2D eigenvalue weighted by molar-refractivity contribution is -0.163. The van der Waals surface area contributed by atoms with Gasteiger partial charge in [0.15, 0.2) is 11.6 Å². The van der Waals surface area contributed by atoms with E-state index in [1.165, 1.54) is 0 Å². The summed E-state index contributed by atoms with van der Waals surface area (Å²) in [7, 11) is 0. The lowest BCUT2D eigenvalue weighted by atomic mass is 9.86. The van der Waals surface area contributed by atoms with Crippen molar-refractivity contribution >= 4 is 53.1 Å². The SMILES string of the molecule is C=CC(=O)COC(CC)(COCCCOC(=O)CCN1CCN(c2ccc(C(=O)C(C)(C)N3CCN(CCC(=O)OCC(CC)(COCC(CC)(COC(=O)C=C)COC(=O)C=C)COC(=O)C=C)CC3)cc2)CC1)COC(=O)C=C. The molecule has 1 aromatic carbocycles. The van der Waals surface area contributed by atoms with E-state index in [-0.39, 0.29) is 103 Å². The molecule has 2 saturated heterocycles. The molecular formula is C60H88N4O17. The van der Waals surface area contributed by atoms with Crippen molar-refractivity contribution in [3.05, 3.63) is 93.1 Å². The molecule has 2 aliphatic rings. The monoisotopic (exact) mass is 1140 g/mol. The van der Waals surface area contributed by atoms with E-state index in [9.17, 15) is 38.4 Å². The van der Waals surface area contributed by atoms with E-state index < -0.39 is 51.8 Å². The van der Waals surface area contributed by atoms with Gasteiger partial charge in [-0.25, -0.2) is 19.2 Å². The first kappa shape index (κ1) is 68.9. The molecule has 0 bridgehead atoms. The predicted octanol–water partition coefficient (Wildman–Crippen LogP) is 5.31. The second kappa shape index (κ2) is 35.5. The Kier molecular flexibility index (Phi) is 30.2. The molecule has 21 heteroatoms. The maximum atomic E-state index is 14.0. The molecule has 2 unspecified atom stereocenters. The van der Waals surface area contributed by atoms with Gasteiger partial charge in [-0.15, -0.1) is 0 Å². The molecule has 81 heavy (non-hydrogen) atoms. The van der Waals surface area contributed by atoms with E-state index in [0.717, 1.165) is 62.2 Å². The van der Waals surface area contributed by atoms with Crippen LogP contribution in [0.25, 0.3) is 0 Å². The molecule has 0 spiro atoms. The minimum Gasteiger partial charge on any atom is -0.466 e. The zero-order valence-electron chi connectivity index (χ0n) is 48.6. The number of Topliss-reactive ketones (excluding diaryl/α,β-unsaturated/α-hetero) is 1. The zero-order chi connectivity index (χ0) is 59.9. The summed E-state index contributed by atoms with van der Waals surface area (Å²) in [6.45, 7) is 32.7. The van der Waals surface area contributed by atoms with Gasteiger partial charge in [-0.05, 0) is 63.5 Å². The highest BCUT2D eigenvalue weighted by Crippen LogP contribution is 2.30. The average Bonchev–Trinajstić information content (AvgIpc) is 3.54. The van der Waals surface area contributed by atoms with Crippen molar-refractivity contribution in [1.29, 1.82) is 0 Å². The van der Waals surface area contributed by atoms with Crippen LogP contribution in [0.2, 0.25) is 0 Å². The molecule has 0 aromatic heterocycles. The number of rotatable bonds is 41. The molecule has 21 nitrogen and oxygen atoms in total. The van der Waals surface area contributed by atoms with Crippen molar-refractivity contribution in [2.24, 2.45) is 10.8 Å². The molecule has 2 heterocycles.